The number of amides is 2. The van der Waals surface area contributed by atoms with Gasteiger partial charge >= 0.3 is 71.3 Å². The van der Waals surface area contributed by atoms with E-state index in [2.05, 4.69) is 10.6 Å². The summed E-state index contributed by atoms with van der Waals surface area (Å²) in [5.41, 5.74) is -0.723. The number of carboxylic acids is 1. The van der Waals surface area contributed by atoms with Crippen LogP contribution in [-0.4, -0.2) is 16.6 Å². The van der Waals surface area contributed by atoms with Gasteiger partial charge in [-0.05, 0) is 29.2 Å². The van der Waals surface area contributed by atoms with E-state index in [0.29, 0.717) is 16.7 Å². The van der Waals surface area contributed by atoms with Gasteiger partial charge in [-0.1, -0.05) is 54.3 Å². The van der Waals surface area contributed by atoms with E-state index in [0.717, 1.165) is 22.8 Å². The summed E-state index contributed by atoms with van der Waals surface area (Å²) in [4.78, 5) is 35.9. The zero-order chi connectivity index (χ0) is 25.8. The fourth-order valence-corrected chi connectivity index (χ4v) is 3.47. The van der Waals surface area contributed by atoms with Crippen LogP contribution in [0.2, 0.25) is 0 Å². The average molecular weight is 533 g/mol. The SMILES string of the molecule is Cn1ccc([O-])c(NC(=O)NC(CC(=O)[O-])c2cccc(Cc3cccc(C(F)(F)F)c3)c2)c1=O.[Na+].[Na+]. The third-order valence-electron chi connectivity index (χ3n) is 5.16. The van der Waals surface area contributed by atoms with Gasteiger partial charge in [0.1, 0.15) is 5.69 Å². The Morgan fingerprint density at radius 3 is 2.27 bits per heavy atom. The molecule has 2 N–H and O–H groups in total. The molecule has 3 aromatic rings. The number of benzene rings is 2. The number of nitrogens with zero attached hydrogens (tertiary/aromatic N) is 1. The molecular weight excluding hydrogens is 513 g/mol. The van der Waals surface area contributed by atoms with E-state index < -0.39 is 53.2 Å². The van der Waals surface area contributed by atoms with Gasteiger partial charge in [-0.25, -0.2) is 4.79 Å². The zero-order valence-corrected chi connectivity index (χ0v) is 24.4. The Labute approximate surface area is 254 Å². The molecule has 13 heteroatoms. The van der Waals surface area contributed by atoms with Crippen molar-refractivity contribution in [1.82, 2.24) is 9.88 Å². The monoisotopic (exact) mass is 533 g/mol. The maximum Gasteiger partial charge on any atom is 1.00 e. The molecule has 1 heterocycles. The van der Waals surface area contributed by atoms with Crippen molar-refractivity contribution in [3.05, 3.63) is 93.4 Å². The van der Waals surface area contributed by atoms with Crippen LogP contribution in [0.3, 0.4) is 0 Å². The van der Waals surface area contributed by atoms with Crippen LogP contribution in [0.5, 0.6) is 5.75 Å². The molecule has 1 atom stereocenters. The fourth-order valence-electron chi connectivity index (χ4n) is 3.47. The van der Waals surface area contributed by atoms with Crippen molar-refractivity contribution in [2.45, 2.75) is 25.1 Å². The number of carbonyl (C=O) groups is 2. The molecule has 184 valence electrons. The second-order valence-electron chi connectivity index (χ2n) is 7.82. The molecule has 0 saturated heterocycles. The van der Waals surface area contributed by atoms with Crippen LogP contribution in [0.25, 0.3) is 0 Å². The van der Waals surface area contributed by atoms with Crippen molar-refractivity contribution in [3.8, 4) is 5.75 Å². The summed E-state index contributed by atoms with van der Waals surface area (Å²) in [6, 6.07) is 10.1. The second kappa shape index (κ2) is 14.0. The molecule has 0 aliphatic carbocycles. The Hall–Kier alpha value is -2.28. The van der Waals surface area contributed by atoms with Crippen molar-refractivity contribution in [2.75, 3.05) is 5.32 Å². The third kappa shape index (κ3) is 9.20. The van der Waals surface area contributed by atoms with E-state index in [4.69, 9.17) is 0 Å². The number of anilines is 1. The van der Waals surface area contributed by atoms with Gasteiger partial charge in [0.15, 0.2) is 0 Å². The normalized spacial score (nSPS) is 11.5. The number of nitrogens with one attached hydrogen (secondary N) is 2. The van der Waals surface area contributed by atoms with Gasteiger partial charge in [0.25, 0.3) is 5.56 Å². The van der Waals surface area contributed by atoms with Crippen LogP contribution in [-0.2, 0) is 24.4 Å². The molecule has 0 fully saturated rings. The first-order valence-electron chi connectivity index (χ1n) is 10.3. The van der Waals surface area contributed by atoms with E-state index >= 15 is 0 Å². The number of halogens is 3. The number of rotatable bonds is 7. The second-order valence-corrected chi connectivity index (χ2v) is 7.82. The van der Waals surface area contributed by atoms with Gasteiger partial charge < -0.3 is 30.2 Å². The van der Waals surface area contributed by atoms with E-state index in [1.165, 1.54) is 31.4 Å². The maximum atomic E-state index is 13.0. The summed E-state index contributed by atoms with van der Waals surface area (Å²) in [6.07, 6.45) is -3.75. The number of alkyl halides is 3. The number of aromatic nitrogens is 1. The van der Waals surface area contributed by atoms with Gasteiger partial charge in [-0.2, -0.15) is 13.2 Å². The van der Waals surface area contributed by atoms with Crippen LogP contribution in [0, 0.1) is 0 Å². The fraction of sp³-hybridized carbons (Fsp3) is 0.208. The molecule has 1 unspecified atom stereocenters. The minimum absolute atomic E-state index is 0. The first-order chi connectivity index (χ1) is 16.4. The van der Waals surface area contributed by atoms with Crippen molar-refractivity contribution in [1.29, 1.82) is 0 Å². The third-order valence-corrected chi connectivity index (χ3v) is 5.16. The first kappa shape index (κ1) is 32.7. The summed E-state index contributed by atoms with van der Waals surface area (Å²) in [7, 11) is 1.39. The van der Waals surface area contributed by atoms with Gasteiger partial charge in [-0.15, -0.1) is 0 Å². The predicted octanol–water partition coefficient (Wildman–Crippen LogP) is -3.92. The Balaban J connectivity index is 0.00000342. The number of hydrogen-bond acceptors (Lipinski definition) is 5. The van der Waals surface area contributed by atoms with Gasteiger partial charge in [0.2, 0.25) is 0 Å². The Morgan fingerprint density at radius 2 is 1.65 bits per heavy atom. The Bertz CT molecular complexity index is 1320. The molecule has 0 bridgehead atoms. The number of pyridine rings is 1. The minimum atomic E-state index is -4.49. The molecule has 8 nitrogen and oxygen atoms in total. The zero-order valence-electron chi connectivity index (χ0n) is 20.4. The Kier molecular flexibility index (Phi) is 12.4. The van der Waals surface area contributed by atoms with Crippen molar-refractivity contribution < 1.29 is 92.1 Å². The van der Waals surface area contributed by atoms with Crippen LogP contribution in [0.1, 0.15) is 34.7 Å². The smallest absolute Gasteiger partial charge is 0.871 e. The molecule has 0 aliphatic heterocycles. The maximum absolute atomic E-state index is 13.0. The number of carboxylic acid groups (broad SMARTS) is 1. The molecule has 1 aromatic heterocycles. The molecule has 0 radical (unpaired) electrons. The molecule has 2 amide bonds. The summed E-state index contributed by atoms with van der Waals surface area (Å²) < 4.78 is 40.1. The number of aryl methyl sites for hydroxylation is 1. The van der Waals surface area contributed by atoms with Gasteiger partial charge in [0, 0.05) is 25.6 Å². The van der Waals surface area contributed by atoms with Gasteiger partial charge in [-0.3, -0.25) is 4.79 Å². The van der Waals surface area contributed by atoms with Crippen LogP contribution >= 0.6 is 0 Å². The molecule has 0 saturated carbocycles. The molecule has 0 aliphatic rings. The molecule has 0 spiro atoms. The Morgan fingerprint density at radius 1 is 1.03 bits per heavy atom. The summed E-state index contributed by atoms with van der Waals surface area (Å²) in [6.45, 7) is 0. The van der Waals surface area contributed by atoms with E-state index in [9.17, 15) is 37.8 Å². The molecule has 37 heavy (non-hydrogen) atoms. The number of aliphatic carboxylic acids is 1. The predicted molar refractivity (Wildman–Crippen MR) is 116 cm³/mol. The van der Waals surface area contributed by atoms with Crippen LogP contribution < -0.4 is 85.5 Å². The average Bonchev–Trinajstić information content (AvgIpc) is 2.78. The summed E-state index contributed by atoms with van der Waals surface area (Å²) >= 11 is 0. The molecule has 3 rings (SSSR count). The van der Waals surface area contributed by atoms with Crippen LogP contribution in [0.4, 0.5) is 23.7 Å². The topological polar surface area (TPSA) is 126 Å². The number of hydrogen-bond donors (Lipinski definition) is 2. The van der Waals surface area contributed by atoms with Crippen LogP contribution in [0.15, 0.2) is 65.6 Å². The molecule has 2 aromatic carbocycles. The van der Waals surface area contributed by atoms with E-state index in [1.54, 1.807) is 18.2 Å². The van der Waals surface area contributed by atoms with Crippen molar-refractivity contribution in [3.63, 3.8) is 0 Å². The van der Waals surface area contributed by atoms with Crippen molar-refractivity contribution in [2.24, 2.45) is 7.05 Å². The number of carbonyl (C=O) groups excluding carboxylic acids is 2. The van der Waals surface area contributed by atoms with E-state index in [-0.39, 0.29) is 65.5 Å². The number of urea groups is 1. The largest absolute Gasteiger partial charge is 1.00 e. The van der Waals surface area contributed by atoms with Crippen molar-refractivity contribution >= 4 is 17.7 Å². The summed E-state index contributed by atoms with van der Waals surface area (Å²) in [5, 5.41) is 27.8. The minimum Gasteiger partial charge on any atom is -0.871 e. The molecular formula is C24H20F3N3Na2O5. The quantitative estimate of drug-likeness (QED) is 0.300. The van der Waals surface area contributed by atoms with Gasteiger partial charge in [0.05, 0.1) is 11.6 Å². The first-order valence-corrected chi connectivity index (χ1v) is 10.3. The standard InChI is InChI=1S/C24H22F3N3O5.2Na/c1-30-9-8-19(31)21(22(30)34)29-23(35)28-18(13-20(32)33)16-6-2-4-14(11-16)10-15-5-3-7-17(12-15)24(25,26)27;;/h2-9,11-12,18,31H,10,13H2,1H3,(H,32,33)(H2,28,29,35);;/q;2*+1/p-2. The van der Waals surface area contributed by atoms with E-state index in [1.807, 2.05) is 0 Å². The summed E-state index contributed by atoms with van der Waals surface area (Å²) in [5.74, 6) is -2.19.